The molecular weight excluding hydrogens is 355 g/mol. The molecule has 3 rings (SSSR count). The van der Waals surface area contributed by atoms with Gasteiger partial charge >= 0.3 is 6.18 Å². The van der Waals surface area contributed by atoms with Crippen LogP contribution in [-0.2, 0) is 29.0 Å². The Morgan fingerprint density at radius 1 is 1.00 bits per heavy atom. The van der Waals surface area contributed by atoms with Gasteiger partial charge in [-0.2, -0.15) is 13.2 Å². The van der Waals surface area contributed by atoms with E-state index < -0.39 is 27.4 Å². The Morgan fingerprint density at radius 2 is 1.52 bits per heavy atom. The molecule has 0 radical (unpaired) electrons. The molecule has 0 unspecified atom stereocenters. The summed E-state index contributed by atoms with van der Waals surface area (Å²) in [6.07, 6.45) is -3.89. The van der Waals surface area contributed by atoms with Crippen LogP contribution >= 0.6 is 0 Å². The van der Waals surface area contributed by atoms with Crippen molar-refractivity contribution in [2.75, 3.05) is 6.54 Å². The summed E-state index contributed by atoms with van der Waals surface area (Å²) in [5, 5.41) is 10.6. The van der Waals surface area contributed by atoms with E-state index in [-0.39, 0.29) is 11.4 Å². The zero-order valence-electron chi connectivity index (χ0n) is 13.0. The van der Waals surface area contributed by atoms with E-state index in [2.05, 4.69) is 4.72 Å². The third-order valence-corrected chi connectivity index (χ3v) is 5.66. The minimum Gasteiger partial charge on any atom is -0.388 e. The molecule has 4 nitrogen and oxygen atoms in total. The normalized spacial score (nSPS) is 16.6. The van der Waals surface area contributed by atoms with Crippen LogP contribution in [-0.4, -0.2) is 25.7 Å². The smallest absolute Gasteiger partial charge is 0.388 e. The largest absolute Gasteiger partial charge is 0.416 e. The fourth-order valence-corrected chi connectivity index (χ4v) is 4.05. The second-order valence-electron chi connectivity index (χ2n) is 6.19. The molecule has 0 atom stereocenters. The van der Waals surface area contributed by atoms with Crippen molar-refractivity contribution < 1.29 is 26.7 Å². The van der Waals surface area contributed by atoms with Gasteiger partial charge in [-0.1, -0.05) is 24.3 Å². The van der Waals surface area contributed by atoms with E-state index in [9.17, 15) is 26.7 Å². The summed E-state index contributed by atoms with van der Waals surface area (Å²) in [6, 6.07) is 10.7. The fourth-order valence-electron chi connectivity index (χ4n) is 2.93. The van der Waals surface area contributed by atoms with Gasteiger partial charge in [0.2, 0.25) is 10.0 Å². The minimum atomic E-state index is -4.53. The van der Waals surface area contributed by atoms with E-state index >= 15 is 0 Å². The maximum atomic E-state index is 12.6. The molecule has 0 bridgehead atoms. The molecule has 1 aliphatic rings. The monoisotopic (exact) mass is 371 g/mol. The van der Waals surface area contributed by atoms with E-state index in [1.807, 2.05) is 24.3 Å². The van der Waals surface area contributed by atoms with Gasteiger partial charge in [0, 0.05) is 19.4 Å². The lowest BCUT2D eigenvalue weighted by Gasteiger charge is -2.22. The second kappa shape index (κ2) is 6.12. The van der Waals surface area contributed by atoms with Gasteiger partial charge in [-0.05, 0) is 35.4 Å². The van der Waals surface area contributed by atoms with Crippen LogP contribution in [0.5, 0.6) is 0 Å². The Kier molecular flexibility index (Phi) is 4.38. The van der Waals surface area contributed by atoms with Crippen molar-refractivity contribution in [2.24, 2.45) is 0 Å². The summed E-state index contributed by atoms with van der Waals surface area (Å²) in [6.45, 7) is -0.217. The molecule has 2 N–H and O–H groups in total. The zero-order valence-corrected chi connectivity index (χ0v) is 13.9. The first kappa shape index (κ1) is 17.9. The Morgan fingerprint density at radius 3 is 2.00 bits per heavy atom. The lowest BCUT2D eigenvalue weighted by Crippen LogP contribution is -2.43. The van der Waals surface area contributed by atoms with Crippen molar-refractivity contribution in [3.63, 3.8) is 0 Å². The van der Waals surface area contributed by atoms with Crippen LogP contribution in [0.1, 0.15) is 16.7 Å². The molecule has 2 aromatic carbocycles. The van der Waals surface area contributed by atoms with Gasteiger partial charge in [0.05, 0.1) is 16.1 Å². The lowest BCUT2D eigenvalue weighted by atomic mass is 10.0. The fraction of sp³-hybridized carbons (Fsp3) is 0.294. The molecule has 0 fully saturated rings. The Balaban J connectivity index is 1.70. The van der Waals surface area contributed by atoms with Crippen LogP contribution < -0.4 is 4.72 Å². The van der Waals surface area contributed by atoms with E-state index in [1.165, 1.54) is 0 Å². The molecule has 8 heteroatoms. The number of halogens is 3. The molecule has 0 aliphatic heterocycles. The van der Waals surface area contributed by atoms with Crippen LogP contribution in [0.4, 0.5) is 13.2 Å². The standard InChI is InChI=1S/C17H16F3NO3S/c18-17(19,20)14-5-7-15(8-6-14)25(23,24)21-11-16(22)9-12-3-1-2-4-13(12)10-16/h1-8,21-22H,9-11H2. The van der Waals surface area contributed by atoms with Gasteiger partial charge in [-0.3, -0.25) is 0 Å². The average Bonchev–Trinajstić information content (AvgIpc) is 2.89. The summed E-state index contributed by atoms with van der Waals surface area (Å²) in [5.41, 5.74) is -0.253. The molecule has 2 aromatic rings. The number of fused-ring (bicyclic) bond motifs is 1. The molecule has 0 saturated heterocycles. The van der Waals surface area contributed by atoms with E-state index in [1.54, 1.807) is 0 Å². The molecule has 0 aromatic heterocycles. The van der Waals surface area contributed by atoms with Crippen molar-refractivity contribution in [3.8, 4) is 0 Å². The highest BCUT2D eigenvalue weighted by atomic mass is 32.2. The van der Waals surface area contributed by atoms with Crippen molar-refractivity contribution in [1.82, 2.24) is 4.72 Å². The topological polar surface area (TPSA) is 66.4 Å². The number of sulfonamides is 1. The van der Waals surface area contributed by atoms with Gasteiger partial charge in [0.1, 0.15) is 0 Å². The molecule has 0 saturated carbocycles. The van der Waals surface area contributed by atoms with Crippen molar-refractivity contribution >= 4 is 10.0 Å². The molecular formula is C17H16F3NO3S. The number of hydrogen-bond donors (Lipinski definition) is 2. The van der Waals surface area contributed by atoms with E-state index in [0.717, 1.165) is 23.3 Å². The molecule has 25 heavy (non-hydrogen) atoms. The first-order chi connectivity index (χ1) is 11.6. The van der Waals surface area contributed by atoms with Crippen LogP contribution in [0.3, 0.4) is 0 Å². The maximum Gasteiger partial charge on any atom is 0.416 e. The summed E-state index contributed by atoms with van der Waals surface area (Å²) in [4.78, 5) is -0.278. The Bertz CT molecular complexity index is 852. The summed E-state index contributed by atoms with van der Waals surface area (Å²) in [5.74, 6) is 0. The first-order valence-electron chi connectivity index (χ1n) is 7.55. The van der Waals surface area contributed by atoms with Crippen LogP contribution in [0.15, 0.2) is 53.4 Å². The highest BCUT2D eigenvalue weighted by molar-refractivity contribution is 7.89. The zero-order chi connectivity index (χ0) is 18.3. The molecule has 1 aliphatic carbocycles. The predicted octanol–water partition coefficient (Wildman–Crippen LogP) is 2.51. The van der Waals surface area contributed by atoms with Gasteiger partial charge < -0.3 is 5.11 Å². The van der Waals surface area contributed by atoms with Gasteiger partial charge in [0.15, 0.2) is 0 Å². The summed E-state index contributed by atoms with van der Waals surface area (Å²) >= 11 is 0. The van der Waals surface area contributed by atoms with Gasteiger partial charge in [-0.15, -0.1) is 0 Å². The Hall–Kier alpha value is -1.90. The number of aliphatic hydroxyl groups is 1. The quantitative estimate of drug-likeness (QED) is 0.868. The number of rotatable bonds is 4. The van der Waals surface area contributed by atoms with Crippen LogP contribution in [0.25, 0.3) is 0 Å². The number of nitrogens with one attached hydrogen (secondary N) is 1. The molecule has 0 spiro atoms. The summed E-state index contributed by atoms with van der Waals surface area (Å²) < 4.78 is 64.5. The molecule has 134 valence electrons. The maximum absolute atomic E-state index is 12.6. The highest BCUT2D eigenvalue weighted by Crippen LogP contribution is 2.31. The number of benzene rings is 2. The number of hydrogen-bond acceptors (Lipinski definition) is 3. The van der Waals surface area contributed by atoms with Gasteiger partial charge in [-0.25, -0.2) is 13.1 Å². The lowest BCUT2D eigenvalue weighted by molar-refractivity contribution is -0.137. The van der Waals surface area contributed by atoms with E-state index in [0.29, 0.717) is 25.0 Å². The minimum absolute atomic E-state index is 0.217. The third-order valence-electron chi connectivity index (χ3n) is 4.24. The third kappa shape index (κ3) is 3.86. The average molecular weight is 371 g/mol. The van der Waals surface area contributed by atoms with Crippen molar-refractivity contribution in [3.05, 3.63) is 65.2 Å². The SMILES string of the molecule is O=S(=O)(NCC1(O)Cc2ccccc2C1)c1ccc(C(F)(F)F)cc1. The van der Waals surface area contributed by atoms with Crippen molar-refractivity contribution in [1.29, 1.82) is 0 Å². The van der Waals surface area contributed by atoms with Gasteiger partial charge in [0.25, 0.3) is 0 Å². The van der Waals surface area contributed by atoms with Crippen LogP contribution in [0.2, 0.25) is 0 Å². The molecule has 0 heterocycles. The highest BCUT2D eigenvalue weighted by Gasteiger charge is 2.36. The second-order valence-corrected chi connectivity index (χ2v) is 7.96. The van der Waals surface area contributed by atoms with Crippen LogP contribution in [0, 0.1) is 0 Å². The summed E-state index contributed by atoms with van der Waals surface area (Å²) in [7, 11) is -4.01. The molecule has 0 amide bonds. The van der Waals surface area contributed by atoms with Crippen molar-refractivity contribution in [2.45, 2.75) is 29.5 Å². The first-order valence-corrected chi connectivity index (χ1v) is 9.04. The van der Waals surface area contributed by atoms with E-state index in [4.69, 9.17) is 0 Å². The Labute approximate surface area is 143 Å². The predicted molar refractivity (Wildman–Crippen MR) is 85.4 cm³/mol. The number of alkyl halides is 3.